The summed E-state index contributed by atoms with van der Waals surface area (Å²) in [5, 5.41) is 3.63. The number of hydrogen-bond acceptors (Lipinski definition) is 4. The molecule has 4 nitrogen and oxygen atoms in total. The van der Waals surface area contributed by atoms with E-state index in [9.17, 15) is 0 Å². The smallest absolute Gasteiger partial charge is 0.161 e. The van der Waals surface area contributed by atoms with E-state index in [2.05, 4.69) is 59.9 Å². The normalized spacial score (nSPS) is 17.3. The zero-order valence-corrected chi connectivity index (χ0v) is 18.5. The molecule has 0 aliphatic carbocycles. The number of rotatable bonds is 6. The molecule has 2 aliphatic heterocycles. The summed E-state index contributed by atoms with van der Waals surface area (Å²) in [5.41, 5.74) is 6.13. The van der Waals surface area contributed by atoms with Gasteiger partial charge in [-0.05, 0) is 53.6 Å². The van der Waals surface area contributed by atoms with Gasteiger partial charge in [-0.1, -0.05) is 60.7 Å². The fraction of sp³-hybridized carbons (Fsp3) is 0.286. The predicted molar refractivity (Wildman–Crippen MR) is 128 cm³/mol. The molecular formula is C28H29NO3. The molecular weight excluding hydrogens is 398 g/mol. The minimum Gasteiger partial charge on any atom is -0.493 e. The lowest BCUT2D eigenvalue weighted by atomic mass is 9.92. The molecule has 0 aromatic heterocycles. The Balaban J connectivity index is 1.39. The molecule has 0 spiro atoms. The fourth-order valence-corrected chi connectivity index (χ4v) is 4.52. The van der Waals surface area contributed by atoms with E-state index in [0.29, 0.717) is 6.61 Å². The van der Waals surface area contributed by atoms with Crippen LogP contribution in [0, 0.1) is 0 Å². The lowest BCUT2D eigenvalue weighted by Gasteiger charge is -2.26. The third-order valence-corrected chi connectivity index (χ3v) is 6.19. The second kappa shape index (κ2) is 9.49. The quantitative estimate of drug-likeness (QED) is 0.564. The summed E-state index contributed by atoms with van der Waals surface area (Å²) in [6, 6.07) is 21.0. The second-order valence-electron chi connectivity index (χ2n) is 8.30. The summed E-state index contributed by atoms with van der Waals surface area (Å²) < 4.78 is 17.8. The van der Waals surface area contributed by atoms with Crippen molar-refractivity contribution >= 4 is 6.08 Å². The van der Waals surface area contributed by atoms with Crippen molar-refractivity contribution < 1.29 is 14.2 Å². The fourth-order valence-electron chi connectivity index (χ4n) is 4.52. The number of fused-ring (bicyclic) bond motifs is 2. The molecule has 3 aromatic rings. The molecule has 2 aliphatic rings. The topological polar surface area (TPSA) is 39.7 Å². The standard InChI is InChI=1S/C28H29NO3/c1-30-26-18-24-23(17-27(26)32-19-20-7-3-2-4-8-20)14-15-29-25(24)13-12-22-10-5-9-21-11-6-16-31-28(21)22/h2-5,7-10,12-13,17-18,25,29H,6,11,14-16,19H2,1H3. The Morgan fingerprint density at radius 1 is 1.00 bits per heavy atom. The lowest BCUT2D eigenvalue weighted by Crippen LogP contribution is -2.28. The van der Waals surface area contributed by atoms with Crippen LogP contribution in [-0.4, -0.2) is 20.3 Å². The number of nitrogens with one attached hydrogen (secondary N) is 1. The highest BCUT2D eigenvalue weighted by atomic mass is 16.5. The molecule has 2 heterocycles. The molecule has 0 fully saturated rings. The first-order valence-corrected chi connectivity index (χ1v) is 11.4. The zero-order chi connectivity index (χ0) is 21.8. The molecule has 0 radical (unpaired) electrons. The van der Waals surface area contributed by atoms with Crippen LogP contribution in [0.4, 0.5) is 0 Å². The van der Waals surface area contributed by atoms with Crippen LogP contribution >= 0.6 is 0 Å². The summed E-state index contributed by atoms with van der Waals surface area (Å²) in [4.78, 5) is 0. The molecule has 3 aromatic carbocycles. The average Bonchev–Trinajstić information content (AvgIpc) is 2.86. The Morgan fingerprint density at radius 3 is 2.78 bits per heavy atom. The van der Waals surface area contributed by atoms with Crippen molar-refractivity contribution in [1.82, 2.24) is 5.32 Å². The Morgan fingerprint density at radius 2 is 1.91 bits per heavy atom. The Kier molecular flexibility index (Phi) is 6.13. The van der Waals surface area contributed by atoms with E-state index >= 15 is 0 Å². The SMILES string of the molecule is COc1cc2c(cc1OCc1ccccc1)CCNC2C=Cc1cccc2c1OCCC2. The largest absolute Gasteiger partial charge is 0.493 e. The summed E-state index contributed by atoms with van der Waals surface area (Å²) >= 11 is 0. The third kappa shape index (κ3) is 4.37. The van der Waals surface area contributed by atoms with Gasteiger partial charge in [0.2, 0.25) is 0 Å². The predicted octanol–water partition coefficient (Wildman–Crippen LogP) is 5.50. The van der Waals surface area contributed by atoms with E-state index in [-0.39, 0.29) is 6.04 Å². The average molecular weight is 428 g/mol. The minimum atomic E-state index is 0.121. The summed E-state index contributed by atoms with van der Waals surface area (Å²) in [6.07, 6.45) is 7.56. The number of aryl methyl sites for hydroxylation is 1. The van der Waals surface area contributed by atoms with Crippen molar-refractivity contribution in [2.45, 2.75) is 31.9 Å². The molecule has 1 unspecified atom stereocenters. The number of ether oxygens (including phenoxy) is 3. The molecule has 1 N–H and O–H groups in total. The molecule has 4 heteroatoms. The van der Waals surface area contributed by atoms with Gasteiger partial charge in [-0.3, -0.25) is 0 Å². The second-order valence-corrected chi connectivity index (χ2v) is 8.30. The first-order chi connectivity index (χ1) is 15.8. The van der Waals surface area contributed by atoms with Gasteiger partial charge in [0.15, 0.2) is 11.5 Å². The first-order valence-electron chi connectivity index (χ1n) is 11.4. The maximum Gasteiger partial charge on any atom is 0.161 e. The van der Waals surface area contributed by atoms with E-state index in [1.807, 2.05) is 18.2 Å². The van der Waals surface area contributed by atoms with Crippen LogP contribution in [0.1, 0.15) is 40.3 Å². The Labute approximate surface area is 189 Å². The number of methoxy groups -OCH3 is 1. The molecule has 1 atom stereocenters. The molecule has 32 heavy (non-hydrogen) atoms. The summed E-state index contributed by atoms with van der Waals surface area (Å²) in [6.45, 7) is 2.25. The Hall–Kier alpha value is -3.24. The van der Waals surface area contributed by atoms with Gasteiger partial charge < -0.3 is 19.5 Å². The van der Waals surface area contributed by atoms with Crippen molar-refractivity contribution in [2.75, 3.05) is 20.3 Å². The highest BCUT2D eigenvalue weighted by Crippen LogP contribution is 2.37. The summed E-state index contributed by atoms with van der Waals surface area (Å²) in [7, 11) is 1.70. The maximum absolute atomic E-state index is 6.13. The molecule has 0 saturated heterocycles. The molecule has 0 bridgehead atoms. The van der Waals surface area contributed by atoms with E-state index in [1.54, 1.807) is 7.11 Å². The highest BCUT2D eigenvalue weighted by molar-refractivity contribution is 5.62. The van der Waals surface area contributed by atoms with Crippen LogP contribution in [0.5, 0.6) is 17.2 Å². The van der Waals surface area contributed by atoms with Crippen LogP contribution in [-0.2, 0) is 19.4 Å². The van der Waals surface area contributed by atoms with Gasteiger partial charge in [0.1, 0.15) is 12.4 Å². The van der Waals surface area contributed by atoms with Gasteiger partial charge in [0, 0.05) is 12.1 Å². The first kappa shape index (κ1) is 20.7. The van der Waals surface area contributed by atoms with Crippen LogP contribution in [0.3, 0.4) is 0 Å². The number of hydrogen-bond donors (Lipinski definition) is 1. The number of benzene rings is 3. The van der Waals surface area contributed by atoms with Crippen molar-refractivity contribution in [2.24, 2.45) is 0 Å². The van der Waals surface area contributed by atoms with Crippen molar-refractivity contribution in [1.29, 1.82) is 0 Å². The van der Waals surface area contributed by atoms with Crippen molar-refractivity contribution in [3.05, 3.63) is 94.6 Å². The van der Waals surface area contributed by atoms with Crippen LogP contribution in [0.2, 0.25) is 0 Å². The zero-order valence-electron chi connectivity index (χ0n) is 18.5. The molecule has 0 saturated carbocycles. The minimum absolute atomic E-state index is 0.121. The Bertz CT molecular complexity index is 1110. The van der Waals surface area contributed by atoms with Gasteiger partial charge in [-0.2, -0.15) is 0 Å². The summed E-state index contributed by atoms with van der Waals surface area (Å²) in [5.74, 6) is 2.60. The van der Waals surface area contributed by atoms with Crippen molar-refractivity contribution in [3.63, 3.8) is 0 Å². The van der Waals surface area contributed by atoms with Gasteiger partial charge in [-0.25, -0.2) is 0 Å². The van der Waals surface area contributed by atoms with Crippen molar-refractivity contribution in [3.8, 4) is 17.2 Å². The van der Waals surface area contributed by atoms with Gasteiger partial charge >= 0.3 is 0 Å². The lowest BCUT2D eigenvalue weighted by molar-refractivity contribution is 0.283. The molecule has 5 rings (SSSR count). The van der Waals surface area contributed by atoms with E-state index in [1.165, 1.54) is 16.7 Å². The van der Waals surface area contributed by atoms with Gasteiger partial charge in [0.25, 0.3) is 0 Å². The number of para-hydroxylation sites is 1. The van der Waals surface area contributed by atoms with E-state index in [0.717, 1.165) is 60.8 Å². The molecule has 164 valence electrons. The van der Waals surface area contributed by atoms with E-state index < -0.39 is 0 Å². The molecule has 0 amide bonds. The monoisotopic (exact) mass is 427 g/mol. The highest BCUT2D eigenvalue weighted by Gasteiger charge is 2.21. The van der Waals surface area contributed by atoms with Crippen LogP contribution < -0.4 is 19.5 Å². The van der Waals surface area contributed by atoms with Gasteiger partial charge in [-0.15, -0.1) is 0 Å². The van der Waals surface area contributed by atoms with Crippen LogP contribution in [0.15, 0.2) is 66.7 Å². The maximum atomic E-state index is 6.13. The van der Waals surface area contributed by atoms with E-state index in [4.69, 9.17) is 14.2 Å². The van der Waals surface area contributed by atoms with Gasteiger partial charge in [0.05, 0.1) is 19.8 Å². The van der Waals surface area contributed by atoms with Crippen LogP contribution in [0.25, 0.3) is 6.08 Å². The third-order valence-electron chi connectivity index (χ3n) is 6.19.